The van der Waals surface area contributed by atoms with Gasteiger partial charge in [-0.25, -0.2) is 4.79 Å². The second-order valence-electron chi connectivity index (χ2n) is 4.55. The van der Waals surface area contributed by atoms with Crippen LogP contribution in [0.1, 0.15) is 30.1 Å². The molecule has 0 saturated carbocycles. The van der Waals surface area contributed by atoms with Gasteiger partial charge < -0.3 is 9.47 Å². The molecule has 0 fully saturated rings. The van der Waals surface area contributed by atoms with Gasteiger partial charge in [0.2, 0.25) is 0 Å². The Morgan fingerprint density at radius 1 is 1.10 bits per heavy atom. The molecule has 3 nitrogen and oxygen atoms in total. The van der Waals surface area contributed by atoms with Crippen molar-refractivity contribution in [2.75, 3.05) is 6.61 Å². The van der Waals surface area contributed by atoms with Crippen molar-refractivity contribution >= 4 is 17.6 Å². The average Bonchev–Trinajstić information content (AvgIpc) is 2.50. The van der Waals surface area contributed by atoms with Crippen molar-refractivity contribution in [2.45, 2.75) is 19.8 Å². The predicted molar refractivity (Wildman–Crippen MR) is 83.3 cm³/mol. The van der Waals surface area contributed by atoms with Crippen molar-refractivity contribution in [1.29, 1.82) is 0 Å². The topological polar surface area (TPSA) is 35.5 Å². The second kappa shape index (κ2) is 7.70. The Kier molecular flexibility index (Phi) is 5.64. The van der Waals surface area contributed by atoms with E-state index in [-0.39, 0.29) is 0 Å². The Hall–Kier alpha value is -2.00. The summed E-state index contributed by atoms with van der Waals surface area (Å²) in [5.74, 6) is 0.661. The third-order valence-electron chi connectivity index (χ3n) is 2.90. The molecule has 0 unspecified atom stereocenters. The van der Waals surface area contributed by atoms with Crippen LogP contribution in [0.15, 0.2) is 48.5 Å². The molecule has 0 aliphatic rings. The highest BCUT2D eigenvalue weighted by Gasteiger charge is 2.10. The van der Waals surface area contributed by atoms with Crippen LogP contribution in [0.25, 0.3) is 0 Å². The zero-order valence-corrected chi connectivity index (χ0v) is 12.6. The molecule has 0 saturated heterocycles. The van der Waals surface area contributed by atoms with Crippen LogP contribution in [-0.4, -0.2) is 12.6 Å². The number of esters is 1. The highest BCUT2D eigenvalue weighted by Crippen LogP contribution is 2.24. The molecule has 0 spiro atoms. The standard InChI is InChI=1S/C17H17ClO3/c1-2-3-12-20-14-10-8-13(9-11-14)17(19)21-16-7-5-4-6-15(16)18/h4-11H,2-3,12H2,1H3. The Balaban J connectivity index is 1.98. The largest absolute Gasteiger partial charge is 0.494 e. The highest BCUT2D eigenvalue weighted by atomic mass is 35.5. The van der Waals surface area contributed by atoms with Gasteiger partial charge in [-0.2, -0.15) is 0 Å². The summed E-state index contributed by atoms with van der Waals surface area (Å²) in [5.41, 5.74) is 0.456. The minimum Gasteiger partial charge on any atom is -0.494 e. The number of carbonyl (C=O) groups is 1. The molecule has 0 heterocycles. The van der Waals surface area contributed by atoms with Crippen molar-refractivity contribution in [2.24, 2.45) is 0 Å². The minimum absolute atomic E-state index is 0.354. The number of hydrogen-bond donors (Lipinski definition) is 0. The van der Waals surface area contributed by atoms with Crippen molar-refractivity contribution in [3.63, 3.8) is 0 Å². The van der Waals surface area contributed by atoms with Gasteiger partial charge in [0.15, 0.2) is 0 Å². The van der Waals surface area contributed by atoms with Crippen LogP contribution in [-0.2, 0) is 0 Å². The lowest BCUT2D eigenvalue weighted by molar-refractivity contribution is 0.0735. The number of para-hydroxylation sites is 1. The minimum atomic E-state index is -0.441. The summed E-state index contributed by atoms with van der Waals surface area (Å²) >= 11 is 5.95. The molecule has 0 aliphatic heterocycles. The van der Waals surface area contributed by atoms with E-state index < -0.39 is 5.97 Å². The molecule has 21 heavy (non-hydrogen) atoms. The first kappa shape index (κ1) is 15.4. The first-order valence-electron chi connectivity index (χ1n) is 6.90. The van der Waals surface area contributed by atoms with Crippen LogP contribution in [0, 0.1) is 0 Å². The molecule has 0 atom stereocenters. The van der Waals surface area contributed by atoms with Gasteiger partial charge in [0, 0.05) is 0 Å². The average molecular weight is 305 g/mol. The molecular formula is C17H17ClO3. The molecule has 0 aliphatic carbocycles. The number of halogens is 1. The predicted octanol–water partition coefficient (Wildman–Crippen LogP) is 4.74. The fraction of sp³-hybridized carbons (Fsp3) is 0.235. The van der Waals surface area contributed by atoms with E-state index in [0.717, 1.165) is 18.6 Å². The maximum atomic E-state index is 12.0. The van der Waals surface area contributed by atoms with Crippen LogP contribution < -0.4 is 9.47 Å². The number of ether oxygens (including phenoxy) is 2. The zero-order chi connectivity index (χ0) is 15.1. The first-order valence-corrected chi connectivity index (χ1v) is 7.28. The lowest BCUT2D eigenvalue weighted by Gasteiger charge is -2.07. The van der Waals surface area contributed by atoms with E-state index in [1.807, 2.05) is 0 Å². The van der Waals surface area contributed by atoms with Crippen LogP contribution in [0.4, 0.5) is 0 Å². The SMILES string of the molecule is CCCCOc1ccc(C(=O)Oc2ccccc2Cl)cc1. The number of hydrogen-bond acceptors (Lipinski definition) is 3. The lowest BCUT2D eigenvalue weighted by atomic mass is 10.2. The van der Waals surface area contributed by atoms with Crippen LogP contribution in [0.3, 0.4) is 0 Å². The Labute approximate surface area is 129 Å². The third kappa shape index (κ3) is 4.50. The van der Waals surface area contributed by atoms with Gasteiger partial charge in [-0.05, 0) is 42.8 Å². The molecule has 2 aromatic carbocycles. The first-order chi connectivity index (χ1) is 10.2. The molecule has 0 radical (unpaired) electrons. The summed E-state index contributed by atoms with van der Waals surface area (Å²) in [6, 6.07) is 13.8. The molecular weight excluding hydrogens is 288 g/mol. The lowest BCUT2D eigenvalue weighted by Crippen LogP contribution is -2.08. The van der Waals surface area contributed by atoms with E-state index in [2.05, 4.69) is 6.92 Å². The summed E-state index contributed by atoms with van der Waals surface area (Å²) in [7, 11) is 0. The Morgan fingerprint density at radius 3 is 2.48 bits per heavy atom. The molecule has 0 amide bonds. The molecule has 0 N–H and O–H groups in total. The molecule has 0 aromatic heterocycles. The summed E-state index contributed by atoms with van der Waals surface area (Å²) in [5, 5.41) is 0.408. The smallest absolute Gasteiger partial charge is 0.343 e. The maximum absolute atomic E-state index is 12.0. The van der Waals surface area contributed by atoms with Gasteiger partial charge in [-0.1, -0.05) is 37.1 Å². The number of carbonyl (C=O) groups excluding carboxylic acids is 1. The summed E-state index contributed by atoms with van der Waals surface area (Å²) in [6.07, 6.45) is 2.10. The monoisotopic (exact) mass is 304 g/mol. The van der Waals surface area contributed by atoms with E-state index >= 15 is 0 Å². The van der Waals surface area contributed by atoms with Gasteiger partial charge in [-0.3, -0.25) is 0 Å². The summed E-state index contributed by atoms with van der Waals surface area (Å²) in [6.45, 7) is 2.79. The van der Waals surface area contributed by atoms with E-state index in [1.165, 1.54) is 0 Å². The van der Waals surface area contributed by atoms with Crippen LogP contribution in [0.2, 0.25) is 5.02 Å². The molecule has 4 heteroatoms. The van der Waals surface area contributed by atoms with Gasteiger partial charge in [0.25, 0.3) is 0 Å². The van der Waals surface area contributed by atoms with Crippen molar-refractivity contribution in [3.8, 4) is 11.5 Å². The molecule has 0 bridgehead atoms. The second-order valence-corrected chi connectivity index (χ2v) is 4.95. The highest BCUT2D eigenvalue weighted by molar-refractivity contribution is 6.32. The normalized spacial score (nSPS) is 10.2. The fourth-order valence-corrected chi connectivity index (χ4v) is 1.88. The Morgan fingerprint density at radius 2 is 1.81 bits per heavy atom. The number of benzene rings is 2. The van der Waals surface area contributed by atoms with E-state index in [4.69, 9.17) is 21.1 Å². The summed E-state index contributed by atoms with van der Waals surface area (Å²) < 4.78 is 10.8. The maximum Gasteiger partial charge on any atom is 0.343 e. The van der Waals surface area contributed by atoms with Crippen LogP contribution >= 0.6 is 11.6 Å². The van der Waals surface area contributed by atoms with E-state index in [1.54, 1.807) is 48.5 Å². The van der Waals surface area contributed by atoms with E-state index in [0.29, 0.717) is 22.9 Å². The van der Waals surface area contributed by atoms with Gasteiger partial charge in [-0.15, -0.1) is 0 Å². The molecule has 110 valence electrons. The van der Waals surface area contributed by atoms with Crippen LogP contribution in [0.5, 0.6) is 11.5 Å². The van der Waals surface area contributed by atoms with Crippen molar-refractivity contribution < 1.29 is 14.3 Å². The summed E-state index contributed by atoms with van der Waals surface area (Å²) in [4.78, 5) is 12.0. The number of unbranched alkanes of at least 4 members (excludes halogenated alkanes) is 1. The van der Waals surface area contributed by atoms with Crippen molar-refractivity contribution in [3.05, 3.63) is 59.1 Å². The third-order valence-corrected chi connectivity index (χ3v) is 3.21. The Bertz CT molecular complexity index is 593. The molecule has 2 aromatic rings. The molecule has 2 rings (SSSR count). The van der Waals surface area contributed by atoms with Gasteiger partial charge in [0.05, 0.1) is 17.2 Å². The van der Waals surface area contributed by atoms with Crippen molar-refractivity contribution in [1.82, 2.24) is 0 Å². The fourth-order valence-electron chi connectivity index (χ4n) is 1.71. The van der Waals surface area contributed by atoms with E-state index in [9.17, 15) is 4.79 Å². The quantitative estimate of drug-likeness (QED) is 0.439. The van der Waals surface area contributed by atoms with Gasteiger partial charge in [0.1, 0.15) is 11.5 Å². The zero-order valence-electron chi connectivity index (χ0n) is 11.8. The number of rotatable bonds is 6. The van der Waals surface area contributed by atoms with Gasteiger partial charge >= 0.3 is 5.97 Å².